The fourth-order valence-electron chi connectivity index (χ4n) is 2.73. The number of aromatic nitrogens is 1. The van der Waals surface area contributed by atoms with Crippen molar-refractivity contribution in [1.82, 2.24) is 4.98 Å². The Morgan fingerprint density at radius 1 is 1.33 bits per heavy atom. The minimum absolute atomic E-state index is 0.0609. The third-order valence-electron chi connectivity index (χ3n) is 4.19. The lowest BCUT2D eigenvalue weighted by molar-refractivity contribution is -0.148. The van der Waals surface area contributed by atoms with Crippen molar-refractivity contribution in [3.63, 3.8) is 0 Å². The Kier molecular flexibility index (Phi) is 5.99. The number of hydrogen-bond acceptors (Lipinski definition) is 5. The smallest absolute Gasteiger partial charge is 0.311 e. The number of carbonyl (C=O) groups is 1. The zero-order valence-electron chi connectivity index (χ0n) is 14.0. The van der Waals surface area contributed by atoms with Crippen molar-refractivity contribution >= 4 is 17.3 Å². The maximum Gasteiger partial charge on any atom is 0.311 e. The number of nitrogens with zero attached hydrogens (tertiary/aromatic N) is 1. The molecule has 0 spiro atoms. The van der Waals surface area contributed by atoms with Crippen molar-refractivity contribution < 1.29 is 14.3 Å². The van der Waals surface area contributed by atoms with Gasteiger partial charge in [0.2, 0.25) is 0 Å². The molecule has 1 aliphatic heterocycles. The topological polar surface area (TPSA) is 48.4 Å². The summed E-state index contributed by atoms with van der Waals surface area (Å²) < 4.78 is 10.9. The molecule has 1 unspecified atom stereocenters. The van der Waals surface area contributed by atoms with E-state index < -0.39 is 0 Å². The van der Waals surface area contributed by atoms with Gasteiger partial charge in [0.15, 0.2) is 0 Å². The second kappa shape index (κ2) is 8.40. The van der Waals surface area contributed by atoms with Crippen molar-refractivity contribution in [2.24, 2.45) is 0 Å². The molecular weight excluding hydrogens is 322 g/mol. The van der Waals surface area contributed by atoms with Crippen molar-refractivity contribution in [3.8, 4) is 10.6 Å². The predicted molar refractivity (Wildman–Crippen MR) is 95.2 cm³/mol. The number of rotatable bonds is 6. The Balaban J connectivity index is 1.52. The van der Waals surface area contributed by atoms with E-state index in [2.05, 4.69) is 36.2 Å². The van der Waals surface area contributed by atoms with Gasteiger partial charge < -0.3 is 9.47 Å². The van der Waals surface area contributed by atoms with E-state index in [1.807, 2.05) is 5.38 Å². The van der Waals surface area contributed by atoms with E-state index in [-0.39, 0.29) is 18.5 Å². The molecule has 1 aromatic heterocycles. The zero-order chi connectivity index (χ0) is 16.8. The second-order valence-electron chi connectivity index (χ2n) is 6.04. The number of hydrogen-bond donors (Lipinski definition) is 0. The highest BCUT2D eigenvalue weighted by Gasteiger charge is 2.17. The summed E-state index contributed by atoms with van der Waals surface area (Å²) in [6.45, 7) is 3.27. The summed E-state index contributed by atoms with van der Waals surface area (Å²) in [5.41, 5.74) is 3.17. The molecule has 5 heteroatoms. The summed E-state index contributed by atoms with van der Waals surface area (Å²) in [5.74, 6) is -0.234. The highest BCUT2D eigenvalue weighted by Crippen LogP contribution is 2.24. The van der Waals surface area contributed by atoms with Gasteiger partial charge in [-0.1, -0.05) is 31.2 Å². The standard InChI is InChI=1S/C19H23NO3S/c1-2-14-6-8-15(9-7-14)19-20-16(13-24-19)11-18(21)23-12-17-5-3-4-10-22-17/h6-9,13,17H,2-5,10-12H2,1H3. The molecule has 2 heterocycles. The summed E-state index contributed by atoms with van der Waals surface area (Å²) >= 11 is 1.56. The minimum atomic E-state index is -0.234. The first kappa shape index (κ1) is 17.1. The van der Waals surface area contributed by atoms with E-state index in [4.69, 9.17) is 9.47 Å². The van der Waals surface area contributed by atoms with Gasteiger partial charge >= 0.3 is 5.97 Å². The van der Waals surface area contributed by atoms with E-state index >= 15 is 0 Å². The largest absolute Gasteiger partial charge is 0.463 e. The van der Waals surface area contributed by atoms with Gasteiger partial charge in [-0.25, -0.2) is 4.98 Å². The molecule has 0 bridgehead atoms. The lowest BCUT2D eigenvalue weighted by Gasteiger charge is -2.21. The van der Waals surface area contributed by atoms with E-state index in [0.29, 0.717) is 6.61 Å². The van der Waals surface area contributed by atoms with Crippen LogP contribution in [0.25, 0.3) is 10.6 Å². The van der Waals surface area contributed by atoms with Crippen LogP contribution in [0.3, 0.4) is 0 Å². The fraction of sp³-hybridized carbons (Fsp3) is 0.474. The summed E-state index contributed by atoms with van der Waals surface area (Å²) in [5, 5.41) is 2.87. The number of aryl methyl sites for hydroxylation is 1. The van der Waals surface area contributed by atoms with Gasteiger partial charge in [0.1, 0.15) is 11.6 Å². The van der Waals surface area contributed by atoms with Gasteiger partial charge in [0.25, 0.3) is 0 Å². The van der Waals surface area contributed by atoms with E-state index in [1.54, 1.807) is 11.3 Å². The molecule has 1 aliphatic rings. The molecule has 0 amide bonds. The third kappa shape index (κ3) is 4.65. The highest BCUT2D eigenvalue weighted by atomic mass is 32.1. The van der Waals surface area contributed by atoms with Crippen molar-refractivity contribution in [2.75, 3.05) is 13.2 Å². The average Bonchev–Trinajstić information content (AvgIpc) is 3.09. The van der Waals surface area contributed by atoms with Gasteiger partial charge in [0.05, 0.1) is 18.2 Å². The molecular formula is C19H23NO3S. The quantitative estimate of drug-likeness (QED) is 0.742. The second-order valence-corrected chi connectivity index (χ2v) is 6.90. The van der Waals surface area contributed by atoms with E-state index in [1.165, 1.54) is 5.56 Å². The Morgan fingerprint density at radius 2 is 2.17 bits per heavy atom. The molecule has 1 fully saturated rings. The van der Waals surface area contributed by atoms with Crippen LogP contribution in [-0.4, -0.2) is 30.3 Å². The molecule has 3 rings (SSSR count). The molecule has 0 saturated carbocycles. The third-order valence-corrected chi connectivity index (χ3v) is 5.13. The maximum atomic E-state index is 12.0. The Bertz CT molecular complexity index is 660. The van der Waals surface area contributed by atoms with Crippen molar-refractivity contribution in [1.29, 1.82) is 0 Å². The van der Waals surface area contributed by atoms with Crippen LogP contribution in [0, 0.1) is 0 Å². The fourth-order valence-corrected chi connectivity index (χ4v) is 3.55. The van der Waals surface area contributed by atoms with Crippen LogP contribution in [-0.2, 0) is 27.1 Å². The van der Waals surface area contributed by atoms with E-state index in [0.717, 1.165) is 48.6 Å². The highest BCUT2D eigenvalue weighted by molar-refractivity contribution is 7.13. The normalized spacial score (nSPS) is 17.6. The molecule has 1 saturated heterocycles. The molecule has 2 aromatic rings. The molecule has 0 N–H and O–H groups in total. The maximum absolute atomic E-state index is 12.0. The summed E-state index contributed by atoms with van der Waals surface area (Å²) in [7, 11) is 0. The summed E-state index contributed by atoms with van der Waals surface area (Å²) in [6.07, 6.45) is 4.53. The number of ether oxygens (including phenoxy) is 2. The first-order valence-corrected chi connectivity index (χ1v) is 9.43. The van der Waals surface area contributed by atoms with Crippen LogP contribution in [0.4, 0.5) is 0 Å². The molecule has 0 radical (unpaired) electrons. The Morgan fingerprint density at radius 3 is 2.88 bits per heavy atom. The average molecular weight is 345 g/mol. The summed E-state index contributed by atoms with van der Waals surface area (Å²) in [6, 6.07) is 8.41. The summed E-state index contributed by atoms with van der Waals surface area (Å²) in [4.78, 5) is 16.5. The molecule has 24 heavy (non-hydrogen) atoms. The van der Waals surface area contributed by atoms with E-state index in [9.17, 15) is 4.79 Å². The predicted octanol–water partition coefficient (Wildman–Crippen LogP) is 4.03. The van der Waals surface area contributed by atoms with Gasteiger partial charge in [-0.05, 0) is 31.2 Å². The molecule has 0 aliphatic carbocycles. The lowest BCUT2D eigenvalue weighted by atomic mass is 10.1. The van der Waals surface area contributed by atoms with Crippen molar-refractivity contribution in [3.05, 3.63) is 40.9 Å². The van der Waals surface area contributed by atoms with Crippen molar-refractivity contribution in [2.45, 2.75) is 45.1 Å². The minimum Gasteiger partial charge on any atom is -0.463 e. The monoisotopic (exact) mass is 345 g/mol. The van der Waals surface area contributed by atoms with Gasteiger partial charge in [-0.2, -0.15) is 0 Å². The zero-order valence-corrected chi connectivity index (χ0v) is 14.8. The number of carbonyl (C=O) groups excluding carboxylic acids is 1. The van der Waals surface area contributed by atoms with Crippen LogP contribution in [0.2, 0.25) is 0 Å². The first-order valence-electron chi connectivity index (χ1n) is 8.55. The molecule has 1 aromatic carbocycles. The Labute approximate surface area is 146 Å². The number of esters is 1. The van der Waals surface area contributed by atoms with Crippen LogP contribution in [0.5, 0.6) is 0 Å². The molecule has 128 valence electrons. The molecule has 1 atom stereocenters. The Hall–Kier alpha value is -1.72. The van der Waals surface area contributed by atoms with Crippen LogP contribution < -0.4 is 0 Å². The van der Waals surface area contributed by atoms with Gasteiger partial charge in [-0.3, -0.25) is 4.79 Å². The van der Waals surface area contributed by atoms with Gasteiger partial charge in [0, 0.05) is 17.6 Å². The number of thiazole rings is 1. The molecule has 4 nitrogen and oxygen atoms in total. The SMILES string of the molecule is CCc1ccc(-c2nc(CC(=O)OCC3CCCCO3)cs2)cc1. The lowest BCUT2D eigenvalue weighted by Crippen LogP contribution is -2.26. The number of benzene rings is 1. The van der Waals surface area contributed by atoms with Crippen LogP contribution in [0.15, 0.2) is 29.6 Å². The van der Waals surface area contributed by atoms with Crippen LogP contribution >= 0.6 is 11.3 Å². The van der Waals surface area contributed by atoms with Gasteiger partial charge in [-0.15, -0.1) is 11.3 Å². The van der Waals surface area contributed by atoms with Crippen LogP contribution in [0.1, 0.15) is 37.4 Å². The first-order chi connectivity index (χ1) is 11.7.